The normalized spacial score (nSPS) is 10.6. The topological polar surface area (TPSA) is 37.8 Å². The van der Waals surface area contributed by atoms with Crippen LogP contribution in [0, 0.1) is 12.7 Å². The van der Waals surface area contributed by atoms with E-state index in [9.17, 15) is 4.39 Å². The third kappa shape index (κ3) is 2.87. The van der Waals surface area contributed by atoms with Crippen molar-refractivity contribution in [3.8, 4) is 11.3 Å². The highest BCUT2D eigenvalue weighted by Gasteiger charge is 2.15. The van der Waals surface area contributed by atoms with Gasteiger partial charge >= 0.3 is 0 Å². The number of nitrogens with one attached hydrogen (secondary N) is 1. The zero-order chi connectivity index (χ0) is 14.0. The second kappa shape index (κ2) is 5.84. The monoisotopic (exact) mass is 343 g/mol. The quantitative estimate of drug-likeness (QED) is 0.837. The van der Waals surface area contributed by atoms with E-state index in [-0.39, 0.29) is 5.02 Å². The van der Waals surface area contributed by atoms with E-state index in [0.717, 1.165) is 5.56 Å². The lowest BCUT2D eigenvalue weighted by Gasteiger charge is -2.10. The molecular weight excluding hydrogens is 333 g/mol. The Hall–Kier alpha value is -1.20. The fourth-order valence-corrected chi connectivity index (χ4v) is 2.14. The largest absolute Gasteiger partial charge is 0.354 e. The Morgan fingerprint density at radius 2 is 2.16 bits per heavy atom. The van der Waals surface area contributed by atoms with Gasteiger partial charge in [-0.25, -0.2) is 14.4 Å². The lowest BCUT2D eigenvalue weighted by molar-refractivity contribution is 0.630. The molecule has 0 aliphatic rings. The number of anilines is 1. The van der Waals surface area contributed by atoms with Gasteiger partial charge in [-0.1, -0.05) is 11.6 Å². The van der Waals surface area contributed by atoms with E-state index in [1.54, 1.807) is 18.3 Å². The zero-order valence-corrected chi connectivity index (χ0v) is 12.8. The molecule has 0 fully saturated rings. The first-order valence-electron chi connectivity index (χ1n) is 5.76. The summed E-state index contributed by atoms with van der Waals surface area (Å²) in [5.74, 6) is -0.0122. The summed E-state index contributed by atoms with van der Waals surface area (Å²) in [5, 5.41) is 3.06. The average molecular weight is 345 g/mol. The smallest absolute Gasteiger partial charge is 0.223 e. The van der Waals surface area contributed by atoms with Gasteiger partial charge in [0.1, 0.15) is 0 Å². The first-order valence-corrected chi connectivity index (χ1v) is 6.93. The van der Waals surface area contributed by atoms with Crippen molar-refractivity contribution in [3.05, 3.63) is 39.2 Å². The van der Waals surface area contributed by atoms with Crippen LogP contribution in [0.3, 0.4) is 0 Å². The Kier molecular flexibility index (Phi) is 4.37. The summed E-state index contributed by atoms with van der Waals surface area (Å²) in [7, 11) is 0. The van der Waals surface area contributed by atoms with Crippen LogP contribution < -0.4 is 5.32 Å². The predicted molar refractivity (Wildman–Crippen MR) is 79.0 cm³/mol. The highest BCUT2D eigenvalue weighted by Crippen LogP contribution is 2.33. The van der Waals surface area contributed by atoms with Gasteiger partial charge in [0, 0.05) is 22.8 Å². The highest BCUT2D eigenvalue weighted by molar-refractivity contribution is 9.10. The molecule has 0 unspecified atom stereocenters. The van der Waals surface area contributed by atoms with Crippen molar-refractivity contribution in [2.24, 2.45) is 0 Å². The Morgan fingerprint density at radius 1 is 1.42 bits per heavy atom. The van der Waals surface area contributed by atoms with E-state index >= 15 is 0 Å². The first-order chi connectivity index (χ1) is 9.04. The predicted octanol–water partition coefficient (Wildman–Crippen LogP) is 4.44. The minimum absolute atomic E-state index is 0.0560. The molecule has 100 valence electrons. The molecule has 0 bridgehead atoms. The van der Waals surface area contributed by atoms with Crippen molar-refractivity contribution < 1.29 is 4.39 Å². The molecule has 0 spiro atoms. The number of hydrogen-bond acceptors (Lipinski definition) is 3. The number of benzene rings is 1. The third-order valence-electron chi connectivity index (χ3n) is 2.60. The molecule has 6 heteroatoms. The van der Waals surface area contributed by atoms with Gasteiger partial charge in [-0.15, -0.1) is 0 Å². The van der Waals surface area contributed by atoms with Gasteiger partial charge in [0.25, 0.3) is 0 Å². The zero-order valence-electron chi connectivity index (χ0n) is 10.5. The van der Waals surface area contributed by atoms with Crippen LogP contribution in [0.1, 0.15) is 12.5 Å². The molecule has 0 aliphatic carbocycles. The highest BCUT2D eigenvalue weighted by atomic mass is 79.9. The molecule has 1 N–H and O–H groups in total. The molecule has 0 saturated carbocycles. The minimum Gasteiger partial charge on any atom is -0.354 e. The van der Waals surface area contributed by atoms with Crippen LogP contribution in [0.2, 0.25) is 5.02 Å². The number of aryl methyl sites for hydroxylation is 1. The lowest BCUT2D eigenvalue weighted by atomic mass is 10.1. The standard InChI is InChI=1S/C13H12BrClFN3/c1-3-17-13-18-6-7(2)12(19-13)8-4-5-9(14)10(15)11(8)16/h4-6H,3H2,1-2H3,(H,17,18,19). The SMILES string of the molecule is CCNc1ncc(C)c(-c2ccc(Br)c(Cl)c2F)n1. The summed E-state index contributed by atoms with van der Waals surface area (Å²) >= 11 is 9.10. The lowest BCUT2D eigenvalue weighted by Crippen LogP contribution is -2.04. The molecule has 0 amide bonds. The van der Waals surface area contributed by atoms with E-state index < -0.39 is 5.82 Å². The maximum atomic E-state index is 14.2. The van der Waals surface area contributed by atoms with Crippen LogP contribution in [-0.4, -0.2) is 16.5 Å². The van der Waals surface area contributed by atoms with Crippen LogP contribution >= 0.6 is 27.5 Å². The number of hydrogen-bond donors (Lipinski definition) is 1. The molecule has 0 atom stereocenters. The van der Waals surface area contributed by atoms with E-state index in [2.05, 4.69) is 31.2 Å². The minimum atomic E-state index is -0.486. The molecule has 0 radical (unpaired) electrons. The summed E-state index contributed by atoms with van der Waals surface area (Å²) in [5.41, 5.74) is 1.70. The van der Waals surface area contributed by atoms with Crippen molar-refractivity contribution in [2.75, 3.05) is 11.9 Å². The van der Waals surface area contributed by atoms with Gasteiger partial charge in [-0.2, -0.15) is 0 Å². The van der Waals surface area contributed by atoms with Gasteiger partial charge in [0.2, 0.25) is 5.95 Å². The molecule has 1 heterocycles. The second-order valence-corrected chi connectivity index (χ2v) is 5.21. The fraction of sp³-hybridized carbons (Fsp3) is 0.231. The molecule has 19 heavy (non-hydrogen) atoms. The van der Waals surface area contributed by atoms with Crippen molar-refractivity contribution in [1.82, 2.24) is 9.97 Å². The van der Waals surface area contributed by atoms with Gasteiger partial charge in [-0.3, -0.25) is 0 Å². The first kappa shape index (κ1) is 14.2. The molecule has 3 nitrogen and oxygen atoms in total. The van der Waals surface area contributed by atoms with Crippen molar-refractivity contribution in [1.29, 1.82) is 0 Å². The summed E-state index contributed by atoms with van der Waals surface area (Å²) in [6.07, 6.45) is 1.66. The van der Waals surface area contributed by atoms with Crippen LogP contribution in [0.15, 0.2) is 22.8 Å². The maximum Gasteiger partial charge on any atom is 0.223 e. The van der Waals surface area contributed by atoms with Gasteiger partial charge < -0.3 is 5.32 Å². The van der Waals surface area contributed by atoms with Crippen molar-refractivity contribution in [2.45, 2.75) is 13.8 Å². The Morgan fingerprint density at radius 3 is 2.84 bits per heavy atom. The van der Waals surface area contributed by atoms with E-state index in [1.807, 2.05) is 13.8 Å². The van der Waals surface area contributed by atoms with E-state index in [4.69, 9.17) is 11.6 Å². The molecule has 1 aromatic heterocycles. The Bertz CT molecular complexity index is 619. The average Bonchev–Trinajstić information content (AvgIpc) is 2.39. The van der Waals surface area contributed by atoms with Crippen LogP contribution in [0.4, 0.5) is 10.3 Å². The van der Waals surface area contributed by atoms with Crippen LogP contribution in [0.25, 0.3) is 11.3 Å². The van der Waals surface area contributed by atoms with E-state index in [0.29, 0.717) is 28.2 Å². The third-order valence-corrected chi connectivity index (χ3v) is 3.86. The van der Waals surface area contributed by atoms with Gasteiger partial charge in [0.15, 0.2) is 5.82 Å². The summed E-state index contributed by atoms with van der Waals surface area (Å²) in [4.78, 5) is 8.46. The molecule has 1 aromatic carbocycles. The summed E-state index contributed by atoms with van der Waals surface area (Å²) in [6.45, 7) is 4.48. The van der Waals surface area contributed by atoms with Crippen LogP contribution in [-0.2, 0) is 0 Å². The molecule has 2 rings (SSSR count). The number of aromatic nitrogens is 2. The molecule has 2 aromatic rings. The van der Waals surface area contributed by atoms with E-state index in [1.165, 1.54) is 0 Å². The maximum absolute atomic E-state index is 14.2. The van der Waals surface area contributed by atoms with Crippen molar-refractivity contribution >= 4 is 33.5 Å². The number of nitrogens with zero attached hydrogens (tertiary/aromatic N) is 2. The van der Waals surface area contributed by atoms with Gasteiger partial charge in [0.05, 0.1) is 10.7 Å². The van der Waals surface area contributed by atoms with Crippen molar-refractivity contribution in [3.63, 3.8) is 0 Å². The van der Waals surface area contributed by atoms with Gasteiger partial charge in [-0.05, 0) is 47.5 Å². The van der Waals surface area contributed by atoms with Crippen LogP contribution in [0.5, 0.6) is 0 Å². The number of halogens is 3. The number of rotatable bonds is 3. The Labute approximate surface area is 124 Å². The molecule has 0 saturated heterocycles. The fourth-order valence-electron chi connectivity index (χ4n) is 1.67. The molecular formula is C13H12BrClFN3. The molecule has 0 aliphatic heterocycles. The summed E-state index contributed by atoms with van der Waals surface area (Å²) < 4.78 is 14.7. The second-order valence-electron chi connectivity index (χ2n) is 3.98. The summed E-state index contributed by atoms with van der Waals surface area (Å²) in [6, 6.07) is 3.35. The Balaban J connectivity index is 2.58.